The van der Waals surface area contributed by atoms with E-state index in [1.165, 1.54) is 21.3 Å². The third kappa shape index (κ3) is 19.4. The highest BCUT2D eigenvalue weighted by molar-refractivity contribution is 5.73. The molecule has 0 aromatic rings. The molecule has 3 unspecified atom stereocenters. The molecule has 0 aliphatic carbocycles. The van der Waals surface area contributed by atoms with Crippen LogP contribution in [0, 0.1) is 69.5 Å². The standard InChI is InChI=1S/3C9H13NO4/c3*1-7(3-4-10)8(5-14-6-11)9(12)13-2/h3*6-8H,3,5H2,1-2H3/t3*7-,8?/m100/s1. The van der Waals surface area contributed by atoms with E-state index < -0.39 is 35.7 Å². The van der Waals surface area contributed by atoms with Crippen LogP contribution in [-0.4, -0.2) is 78.5 Å². The average molecular weight is 598 g/mol. The zero-order valence-corrected chi connectivity index (χ0v) is 24.7. The number of carbonyl (C=O) groups is 6. The molecule has 6 atom stereocenters. The van der Waals surface area contributed by atoms with E-state index in [2.05, 4.69) is 28.4 Å². The van der Waals surface area contributed by atoms with Crippen LogP contribution in [0.2, 0.25) is 0 Å². The molecule has 0 amide bonds. The number of nitrogens with zero attached hydrogens (tertiary/aromatic N) is 3. The van der Waals surface area contributed by atoms with Crippen molar-refractivity contribution in [3.05, 3.63) is 0 Å². The van der Waals surface area contributed by atoms with Crippen molar-refractivity contribution in [1.82, 2.24) is 0 Å². The van der Waals surface area contributed by atoms with Crippen LogP contribution in [-0.2, 0) is 57.2 Å². The van der Waals surface area contributed by atoms with Crippen LogP contribution in [0.5, 0.6) is 0 Å². The monoisotopic (exact) mass is 597 g/mol. The molecule has 0 aliphatic heterocycles. The van der Waals surface area contributed by atoms with Crippen molar-refractivity contribution in [3.63, 3.8) is 0 Å². The van der Waals surface area contributed by atoms with Gasteiger partial charge >= 0.3 is 17.9 Å². The van der Waals surface area contributed by atoms with Crippen LogP contribution in [0.25, 0.3) is 0 Å². The summed E-state index contributed by atoms with van der Waals surface area (Å²) in [5.41, 5.74) is 0. The number of hydrogen-bond donors (Lipinski definition) is 0. The minimum atomic E-state index is -0.565. The number of ether oxygens (including phenoxy) is 6. The molecule has 0 fully saturated rings. The van der Waals surface area contributed by atoms with E-state index >= 15 is 0 Å². The maximum Gasteiger partial charge on any atom is 0.312 e. The van der Waals surface area contributed by atoms with Gasteiger partial charge in [-0.25, -0.2) is 0 Å². The van der Waals surface area contributed by atoms with Gasteiger partial charge in [0.05, 0.1) is 57.3 Å². The van der Waals surface area contributed by atoms with Crippen molar-refractivity contribution in [1.29, 1.82) is 15.8 Å². The molecule has 0 aliphatic rings. The number of carbonyl (C=O) groups excluding carboxylic acids is 6. The Morgan fingerprint density at radius 1 is 0.548 bits per heavy atom. The van der Waals surface area contributed by atoms with Gasteiger partial charge in [-0.05, 0) is 17.8 Å². The van der Waals surface area contributed by atoms with Gasteiger partial charge in [-0.2, -0.15) is 15.8 Å². The maximum absolute atomic E-state index is 11.2. The van der Waals surface area contributed by atoms with Gasteiger partial charge in [0.1, 0.15) is 19.8 Å². The summed E-state index contributed by atoms with van der Waals surface area (Å²) in [4.78, 5) is 63.5. The first-order valence-corrected chi connectivity index (χ1v) is 12.5. The lowest BCUT2D eigenvalue weighted by atomic mass is 9.92. The van der Waals surface area contributed by atoms with Gasteiger partial charge in [0.15, 0.2) is 0 Å². The van der Waals surface area contributed by atoms with Crippen molar-refractivity contribution in [2.45, 2.75) is 40.0 Å². The van der Waals surface area contributed by atoms with Gasteiger partial charge in [-0.1, -0.05) is 20.8 Å². The third-order valence-electron chi connectivity index (χ3n) is 5.84. The Balaban J connectivity index is -0.000000543. The van der Waals surface area contributed by atoms with Gasteiger partial charge in [0.25, 0.3) is 19.4 Å². The summed E-state index contributed by atoms with van der Waals surface area (Å²) in [6, 6.07) is 5.86. The van der Waals surface area contributed by atoms with Crippen LogP contribution >= 0.6 is 0 Å². The van der Waals surface area contributed by atoms with Crippen molar-refractivity contribution < 1.29 is 57.2 Å². The highest BCUT2D eigenvalue weighted by Crippen LogP contribution is 2.18. The molecule has 0 aromatic heterocycles. The predicted molar refractivity (Wildman–Crippen MR) is 141 cm³/mol. The van der Waals surface area contributed by atoms with Crippen molar-refractivity contribution in [2.75, 3.05) is 41.2 Å². The van der Waals surface area contributed by atoms with Crippen molar-refractivity contribution >= 4 is 37.3 Å². The number of methoxy groups -OCH3 is 3. The van der Waals surface area contributed by atoms with Crippen LogP contribution in [0.4, 0.5) is 0 Å². The number of esters is 3. The molecule has 0 radical (unpaired) electrons. The van der Waals surface area contributed by atoms with Gasteiger partial charge in [-0.15, -0.1) is 0 Å². The summed E-state index contributed by atoms with van der Waals surface area (Å²) in [5.74, 6) is -3.65. The number of hydrogen-bond acceptors (Lipinski definition) is 15. The summed E-state index contributed by atoms with van der Waals surface area (Å²) < 4.78 is 27.1. The Morgan fingerprint density at radius 3 is 0.905 bits per heavy atom. The van der Waals surface area contributed by atoms with Crippen LogP contribution in [0.1, 0.15) is 40.0 Å². The van der Waals surface area contributed by atoms with Gasteiger partial charge < -0.3 is 28.4 Å². The highest BCUT2D eigenvalue weighted by Gasteiger charge is 2.28. The molecule has 15 heteroatoms. The molecule has 0 saturated carbocycles. The molecule has 0 rings (SSSR count). The molecule has 0 heterocycles. The molecule has 42 heavy (non-hydrogen) atoms. The summed E-state index contributed by atoms with van der Waals surface area (Å²) in [7, 11) is 3.78. The fourth-order valence-electron chi connectivity index (χ4n) is 3.14. The van der Waals surface area contributed by atoms with E-state index in [-0.39, 0.29) is 76.3 Å². The molecule has 0 aromatic carbocycles. The Labute approximate surface area is 245 Å². The third-order valence-corrected chi connectivity index (χ3v) is 5.84. The molecule has 0 saturated heterocycles. The summed E-state index contributed by atoms with van der Waals surface area (Å²) in [6.45, 7) is 5.90. The lowest BCUT2D eigenvalue weighted by molar-refractivity contribution is -0.152. The first-order valence-electron chi connectivity index (χ1n) is 12.5. The van der Waals surface area contributed by atoms with Crippen molar-refractivity contribution in [2.24, 2.45) is 35.5 Å². The maximum atomic E-state index is 11.2. The minimum Gasteiger partial charge on any atom is -0.469 e. The van der Waals surface area contributed by atoms with Gasteiger partial charge in [0, 0.05) is 19.3 Å². The van der Waals surface area contributed by atoms with Crippen LogP contribution in [0.3, 0.4) is 0 Å². The summed E-state index contributed by atoms with van der Waals surface area (Å²) in [6.07, 6.45) is 0.673. The fraction of sp³-hybridized carbons (Fsp3) is 0.667. The van der Waals surface area contributed by atoms with E-state index in [9.17, 15) is 28.8 Å². The second kappa shape index (κ2) is 27.8. The minimum absolute atomic E-state index is 0.0426. The molecule has 0 spiro atoms. The molecular formula is C27H39N3O12. The lowest BCUT2D eigenvalue weighted by Crippen LogP contribution is -2.27. The fourth-order valence-corrected chi connectivity index (χ4v) is 3.14. The summed E-state index contributed by atoms with van der Waals surface area (Å²) >= 11 is 0. The largest absolute Gasteiger partial charge is 0.469 e. The number of nitriles is 3. The summed E-state index contributed by atoms with van der Waals surface area (Å²) in [5, 5.41) is 25.4. The topological polar surface area (TPSA) is 229 Å². The first-order chi connectivity index (χ1) is 20.0. The van der Waals surface area contributed by atoms with E-state index in [1.807, 2.05) is 18.2 Å². The molecular weight excluding hydrogens is 558 g/mol. The quantitative estimate of drug-likeness (QED) is 0.124. The predicted octanol–water partition coefficient (Wildman–Crippen LogP) is 1.50. The molecule has 0 N–H and O–H groups in total. The van der Waals surface area contributed by atoms with Gasteiger partial charge in [0.2, 0.25) is 0 Å². The normalized spacial score (nSPS) is 13.5. The molecule has 234 valence electrons. The highest BCUT2D eigenvalue weighted by atomic mass is 16.5. The Morgan fingerprint density at radius 2 is 0.762 bits per heavy atom. The Bertz CT molecular complexity index is 819. The molecule has 15 nitrogen and oxygen atoms in total. The van der Waals surface area contributed by atoms with Crippen molar-refractivity contribution in [3.8, 4) is 18.2 Å². The van der Waals surface area contributed by atoms with Gasteiger partial charge in [-0.3, -0.25) is 28.8 Å². The van der Waals surface area contributed by atoms with E-state index in [0.717, 1.165) is 0 Å². The number of rotatable bonds is 18. The van der Waals surface area contributed by atoms with Crippen LogP contribution in [0.15, 0.2) is 0 Å². The smallest absolute Gasteiger partial charge is 0.312 e. The SMILES string of the molecule is COC(=O)C(COC=O)[C@@H](C)CC#N.COC(=O)C(COC=O)[C@@H](C)CC#N.COC(=O)C(COC=O)[C@H](C)CC#N. The van der Waals surface area contributed by atoms with E-state index in [0.29, 0.717) is 0 Å². The molecule has 0 bridgehead atoms. The first kappa shape index (κ1) is 41.8. The Hall–Kier alpha value is -4.71. The Kier molecular flexibility index (Phi) is 27.7. The van der Waals surface area contributed by atoms with Crippen LogP contribution < -0.4 is 0 Å². The second-order valence-electron chi connectivity index (χ2n) is 8.70. The lowest BCUT2D eigenvalue weighted by Gasteiger charge is -2.17. The second-order valence-corrected chi connectivity index (χ2v) is 8.70. The van der Waals surface area contributed by atoms with E-state index in [4.69, 9.17) is 15.8 Å². The van der Waals surface area contributed by atoms with E-state index in [1.54, 1.807) is 20.8 Å². The zero-order valence-electron chi connectivity index (χ0n) is 24.7. The zero-order chi connectivity index (χ0) is 32.9. The average Bonchev–Trinajstić information content (AvgIpc) is 2.98.